The molecule has 2 amide bonds. The van der Waals surface area contributed by atoms with E-state index in [-0.39, 0.29) is 24.6 Å². The number of carbonyl (C=O) groups is 2. The highest BCUT2D eigenvalue weighted by atomic mass is 32.1. The van der Waals surface area contributed by atoms with E-state index < -0.39 is 5.92 Å². The Morgan fingerprint density at radius 3 is 2.25 bits per heavy atom. The normalized spacial score (nSPS) is 16.2. The Labute approximate surface area is 167 Å². The third kappa shape index (κ3) is 3.92. The first kappa shape index (κ1) is 18.3. The maximum Gasteiger partial charge on any atom is 0.415 e. The standard InChI is InChI=1S/C22H20N2O3S/c25-21(20(16-8-3-1-4-9-16)17-10-5-2-6-11-17)23-14-18-15-24(22(26)27-18)19-12-7-13-28-19/h1-13,18,20H,14-15H2,(H,23,25). The van der Waals surface area contributed by atoms with E-state index in [9.17, 15) is 9.59 Å². The van der Waals surface area contributed by atoms with Crippen LogP contribution in [-0.4, -0.2) is 31.2 Å². The van der Waals surface area contributed by atoms with Crippen molar-refractivity contribution in [2.24, 2.45) is 0 Å². The lowest BCUT2D eigenvalue weighted by atomic mass is 9.90. The van der Waals surface area contributed by atoms with Gasteiger partial charge in [0.1, 0.15) is 11.1 Å². The first-order valence-corrected chi connectivity index (χ1v) is 9.99. The Kier molecular flexibility index (Phi) is 5.39. The molecule has 1 N–H and O–H groups in total. The molecule has 1 atom stereocenters. The highest BCUT2D eigenvalue weighted by molar-refractivity contribution is 7.14. The second kappa shape index (κ2) is 8.27. The van der Waals surface area contributed by atoms with Gasteiger partial charge >= 0.3 is 6.09 Å². The van der Waals surface area contributed by atoms with E-state index in [1.54, 1.807) is 4.90 Å². The number of hydrogen-bond acceptors (Lipinski definition) is 4. The summed E-state index contributed by atoms with van der Waals surface area (Å²) >= 11 is 1.49. The molecule has 2 heterocycles. The predicted octanol–water partition coefficient (Wildman–Crippen LogP) is 4.02. The number of rotatable bonds is 6. The van der Waals surface area contributed by atoms with Gasteiger partial charge in [-0.05, 0) is 28.6 Å². The van der Waals surface area contributed by atoms with Crippen LogP contribution in [0.25, 0.3) is 0 Å². The molecule has 0 bridgehead atoms. The third-order valence-electron chi connectivity index (χ3n) is 4.68. The zero-order chi connectivity index (χ0) is 19.3. The van der Waals surface area contributed by atoms with E-state index in [1.165, 1.54) is 11.3 Å². The van der Waals surface area contributed by atoms with E-state index in [0.717, 1.165) is 16.1 Å². The molecule has 2 aromatic carbocycles. The minimum Gasteiger partial charge on any atom is -0.442 e. The second-order valence-electron chi connectivity index (χ2n) is 6.57. The van der Waals surface area contributed by atoms with Gasteiger partial charge in [-0.3, -0.25) is 9.69 Å². The predicted molar refractivity (Wildman–Crippen MR) is 110 cm³/mol. The van der Waals surface area contributed by atoms with Crippen molar-refractivity contribution >= 4 is 28.3 Å². The number of cyclic esters (lactones) is 1. The van der Waals surface area contributed by atoms with Gasteiger partial charge in [-0.15, -0.1) is 11.3 Å². The lowest BCUT2D eigenvalue weighted by Gasteiger charge is -2.19. The molecule has 1 unspecified atom stereocenters. The Bertz CT molecular complexity index is 889. The van der Waals surface area contributed by atoms with Crippen molar-refractivity contribution in [2.75, 3.05) is 18.0 Å². The van der Waals surface area contributed by atoms with Crippen LogP contribution < -0.4 is 10.2 Å². The van der Waals surface area contributed by atoms with Gasteiger partial charge in [-0.25, -0.2) is 4.79 Å². The fraction of sp³-hybridized carbons (Fsp3) is 0.182. The fourth-order valence-electron chi connectivity index (χ4n) is 3.33. The lowest BCUT2D eigenvalue weighted by molar-refractivity contribution is -0.122. The van der Waals surface area contributed by atoms with Crippen LogP contribution in [0.2, 0.25) is 0 Å². The maximum absolute atomic E-state index is 13.0. The van der Waals surface area contributed by atoms with Gasteiger partial charge in [0, 0.05) is 0 Å². The Hall–Kier alpha value is -3.12. The smallest absolute Gasteiger partial charge is 0.415 e. The molecule has 0 saturated carbocycles. The Morgan fingerprint density at radius 1 is 1.04 bits per heavy atom. The zero-order valence-corrected chi connectivity index (χ0v) is 16.0. The molecule has 0 radical (unpaired) electrons. The summed E-state index contributed by atoms with van der Waals surface area (Å²) < 4.78 is 5.42. The number of thiophene rings is 1. The minimum atomic E-state index is -0.409. The van der Waals surface area contributed by atoms with Crippen molar-refractivity contribution in [2.45, 2.75) is 12.0 Å². The molecule has 6 heteroatoms. The van der Waals surface area contributed by atoms with Crippen LogP contribution in [0.15, 0.2) is 78.2 Å². The highest BCUT2D eigenvalue weighted by Crippen LogP contribution is 2.27. The number of ether oxygens (including phenoxy) is 1. The molecule has 1 aliphatic rings. The summed E-state index contributed by atoms with van der Waals surface area (Å²) in [6.45, 7) is 0.712. The molecule has 0 spiro atoms. The number of hydrogen-bond donors (Lipinski definition) is 1. The van der Waals surface area contributed by atoms with Crippen molar-refractivity contribution in [3.05, 3.63) is 89.3 Å². The number of anilines is 1. The molecule has 1 saturated heterocycles. The van der Waals surface area contributed by atoms with Crippen molar-refractivity contribution < 1.29 is 14.3 Å². The number of carbonyl (C=O) groups excluding carboxylic acids is 2. The molecule has 1 aromatic heterocycles. The monoisotopic (exact) mass is 392 g/mol. The summed E-state index contributed by atoms with van der Waals surface area (Å²) in [7, 11) is 0. The van der Waals surface area contributed by atoms with Gasteiger partial charge in [-0.1, -0.05) is 60.7 Å². The number of benzene rings is 2. The fourth-order valence-corrected chi connectivity index (χ4v) is 4.06. The van der Waals surface area contributed by atoms with Gasteiger partial charge in [0.25, 0.3) is 0 Å². The molecular formula is C22H20N2O3S. The molecule has 28 heavy (non-hydrogen) atoms. The summed E-state index contributed by atoms with van der Waals surface area (Å²) in [5.41, 5.74) is 1.85. The van der Waals surface area contributed by atoms with Crippen molar-refractivity contribution in [3.8, 4) is 0 Å². The van der Waals surface area contributed by atoms with Crippen molar-refractivity contribution in [3.63, 3.8) is 0 Å². The Balaban J connectivity index is 1.45. The quantitative estimate of drug-likeness (QED) is 0.689. The van der Waals surface area contributed by atoms with Gasteiger partial charge in [-0.2, -0.15) is 0 Å². The zero-order valence-electron chi connectivity index (χ0n) is 15.2. The summed E-state index contributed by atoms with van der Waals surface area (Å²) in [6.07, 6.45) is -0.741. The molecule has 4 rings (SSSR count). The van der Waals surface area contributed by atoms with Crippen LogP contribution >= 0.6 is 11.3 Å². The minimum absolute atomic E-state index is 0.108. The van der Waals surface area contributed by atoms with Gasteiger partial charge in [0.15, 0.2) is 0 Å². The van der Waals surface area contributed by atoms with E-state index in [1.807, 2.05) is 78.2 Å². The number of amides is 2. The molecule has 3 aromatic rings. The Morgan fingerprint density at radius 2 is 1.68 bits per heavy atom. The van der Waals surface area contributed by atoms with Crippen LogP contribution in [-0.2, 0) is 9.53 Å². The van der Waals surface area contributed by atoms with E-state index in [2.05, 4.69) is 5.32 Å². The molecule has 142 valence electrons. The molecular weight excluding hydrogens is 372 g/mol. The number of nitrogens with one attached hydrogen (secondary N) is 1. The SMILES string of the molecule is O=C(NCC1CN(c2cccs2)C(=O)O1)C(c1ccccc1)c1ccccc1. The molecule has 0 aliphatic carbocycles. The highest BCUT2D eigenvalue weighted by Gasteiger charge is 2.33. The molecule has 1 aliphatic heterocycles. The summed E-state index contributed by atoms with van der Waals surface area (Å²) in [4.78, 5) is 26.7. The number of nitrogens with zero attached hydrogens (tertiary/aromatic N) is 1. The average Bonchev–Trinajstić information content (AvgIpc) is 3.38. The topological polar surface area (TPSA) is 58.6 Å². The van der Waals surface area contributed by atoms with Crippen molar-refractivity contribution in [1.82, 2.24) is 5.32 Å². The summed E-state index contributed by atoms with van der Waals surface area (Å²) in [5.74, 6) is -0.518. The van der Waals surface area contributed by atoms with Gasteiger partial charge in [0.2, 0.25) is 5.91 Å². The average molecular weight is 392 g/mol. The first-order valence-electron chi connectivity index (χ1n) is 9.11. The summed E-state index contributed by atoms with van der Waals surface area (Å²) in [6, 6.07) is 23.1. The third-order valence-corrected chi connectivity index (χ3v) is 5.57. The van der Waals surface area contributed by atoms with Gasteiger partial charge < -0.3 is 10.1 Å². The van der Waals surface area contributed by atoms with Gasteiger partial charge in [0.05, 0.1) is 19.0 Å². The van der Waals surface area contributed by atoms with Crippen LogP contribution in [0.3, 0.4) is 0 Å². The van der Waals surface area contributed by atoms with Crippen molar-refractivity contribution in [1.29, 1.82) is 0 Å². The van der Waals surface area contributed by atoms with Crippen LogP contribution in [0.1, 0.15) is 17.0 Å². The van der Waals surface area contributed by atoms with E-state index in [4.69, 9.17) is 4.74 Å². The van der Waals surface area contributed by atoms with Crippen LogP contribution in [0.5, 0.6) is 0 Å². The molecule has 1 fully saturated rings. The maximum atomic E-state index is 13.0. The first-order chi connectivity index (χ1) is 13.7. The lowest BCUT2D eigenvalue weighted by Crippen LogP contribution is -2.37. The van der Waals surface area contributed by atoms with E-state index in [0.29, 0.717) is 6.54 Å². The van der Waals surface area contributed by atoms with E-state index >= 15 is 0 Å². The summed E-state index contributed by atoms with van der Waals surface area (Å²) in [5, 5.41) is 5.74. The molecule has 5 nitrogen and oxygen atoms in total. The largest absolute Gasteiger partial charge is 0.442 e. The second-order valence-corrected chi connectivity index (χ2v) is 7.49. The van der Waals surface area contributed by atoms with Crippen LogP contribution in [0, 0.1) is 0 Å². The van der Waals surface area contributed by atoms with Crippen LogP contribution in [0.4, 0.5) is 9.80 Å².